The highest BCUT2D eigenvalue weighted by Gasteiger charge is 2.39. The summed E-state index contributed by atoms with van der Waals surface area (Å²) in [4.78, 5) is 28.0. The van der Waals surface area contributed by atoms with E-state index in [0.29, 0.717) is 23.7 Å². The average Bonchev–Trinajstić information content (AvgIpc) is 3.51. The first kappa shape index (κ1) is 21.7. The van der Waals surface area contributed by atoms with Crippen LogP contribution in [0.25, 0.3) is 5.57 Å². The third-order valence-corrected chi connectivity index (χ3v) is 8.04. The number of hydrogen-bond acceptors (Lipinski definition) is 7. The van der Waals surface area contributed by atoms with Crippen LogP contribution in [-0.4, -0.2) is 62.8 Å². The predicted molar refractivity (Wildman–Crippen MR) is 118 cm³/mol. The highest BCUT2D eigenvalue weighted by atomic mass is 32.2. The molecule has 1 fully saturated rings. The molecule has 0 aliphatic carbocycles. The number of anilines is 1. The third-order valence-electron chi connectivity index (χ3n) is 5.26. The van der Waals surface area contributed by atoms with Gasteiger partial charge in [0.1, 0.15) is 5.70 Å². The van der Waals surface area contributed by atoms with E-state index in [4.69, 9.17) is 4.74 Å². The second-order valence-electron chi connectivity index (χ2n) is 7.25. The Labute approximate surface area is 185 Å². The molecule has 164 valence electrons. The first-order chi connectivity index (χ1) is 14.9. The van der Waals surface area contributed by atoms with E-state index in [9.17, 15) is 18.0 Å². The van der Waals surface area contributed by atoms with Gasteiger partial charge in [-0.15, -0.1) is 11.3 Å². The van der Waals surface area contributed by atoms with Crippen molar-refractivity contribution in [1.82, 2.24) is 9.21 Å². The van der Waals surface area contributed by atoms with Gasteiger partial charge in [0, 0.05) is 30.8 Å². The summed E-state index contributed by atoms with van der Waals surface area (Å²) in [5, 5.41) is 4.85. The van der Waals surface area contributed by atoms with Crippen LogP contribution in [0.15, 0.2) is 52.4 Å². The molecule has 1 N–H and O–H groups in total. The van der Waals surface area contributed by atoms with Gasteiger partial charge >= 0.3 is 0 Å². The number of benzene rings is 1. The zero-order chi connectivity index (χ0) is 22.0. The van der Waals surface area contributed by atoms with Crippen LogP contribution < -0.4 is 5.32 Å². The molecule has 0 unspecified atom stereocenters. The number of nitrogens with one attached hydrogen (secondary N) is 1. The summed E-state index contributed by atoms with van der Waals surface area (Å²) < 4.78 is 32.3. The smallest absolute Gasteiger partial charge is 0.278 e. The maximum atomic E-state index is 13.0. The molecular formula is C21H23N3O5S2. The van der Waals surface area contributed by atoms with E-state index in [2.05, 4.69) is 5.32 Å². The molecule has 2 aliphatic rings. The van der Waals surface area contributed by atoms with Crippen LogP contribution in [0.4, 0.5) is 5.69 Å². The standard InChI is InChI=1S/C21H23N3O5S2/c1-29-12-11-24-20(25)18(17-8-5-13-30-17)19(21(24)26)22-15-6-4-7-16(14-15)31(27,28)23-9-2-3-10-23/h4-8,13-14,22H,2-3,9-12H2,1H3. The van der Waals surface area contributed by atoms with Crippen LogP contribution in [0.3, 0.4) is 0 Å². The quantitative estimate of drug-likeness (QED) is 0.607. The zero-order valence-corrected chi connectivity index (χ0v) is 18.7. The van der Waals surface area contributed by atoms with Crippen LogP contribution in [-0.2, 0) is 24.3 Å². The van der Waals surface area contributed by atoms with Crippen molar-refractivity contribution in [2.75, 3.05) is 38.7 Å². The molecule has 4 rings (SSSR count). The van der Waals surface area contributed by atoms with E-state index in [1.54, 1.807) is 24.3 Å². The molecule has 0 bridgehead atoms. The number of imide groups is 1. The van der Waals surface area contributed by atoms with E-state index in [-0.39, 0.29) is 29.3 Å². The van der Waals surface area contributed by atoms with Gasteiger partial charge in [0.25, 0.3) is 11.8 Å². The van der Waals surface area contributed by atoms with E-state index in [1.165, 1.54) is 28.8 Å². The lowest BCUT2D eigenvalue weighted by Crippen LogP contribution is -2.35. The number of sulfonamides is 1. The number of ether oxygens (including phenoxy) is 1. The van der Waals surface area contributed by atoms with Crippen LogP contribution in [0.2, 0.25) is 0 Å². The molecule has 0 spiro atoms. The molecule has 1 aromatic heterocycles. The minimum Gasteiger partial charge on any atom is -0.383 e. The van der Waals surface area contributed by atoms with Crippen molar-refractivity contribution >= 4 is 44.4 Å². The molecule has 0 radical (unpaired) electrons. The van der Waals surface area contributed by atoms with Gasteiger partial charge in [0.2, 0.25) is 10.0 Å². The monoisotopic (exact) mass is 461 g/mol. The van der Waals surface area contributed by atoms with E-state index < -0.39 is 21.8 Å². The lowest BCUT2D eigenvalue weighted by Gasteiger charge is -2.17. The fraction of sp³-hybridized carbons (Fsp3) is 0.333. The molecule has 1 aromatic carbocycles. The predicted octanol–water partition coefficient (Wildman–Crippen LogP) is 2.37. The third kappa shape index (κ3) is 4.16. The van der Waals surface area contributed by atoms with Gasteiger partial charge in [0.05, 0.1) is 23.6 Å². The molecule has 3 heterocycles. The van der Waals surface area contributed by atoms with E-state index in [0.717, 1.165) is 17.7 Å². The van der Waals surface area contributed by atoms with Crippen molar-refractivity contribution in [2.24, 2.45) is 0 Å². The molecule has 8 nitrogen and oxygen atoms in total. The maximum Gasteiger partial charge on any atom is 0.278 e. The molecular weight excluding hydrogens is 438 g/mol. The molecule has 1 saturated heterocycles. The minimum atomic E-state index is -3.60. The summed E-state index contributed by atoms with van der Waals surface area (Å²) in [7, 11) is -2.09. The van der Waals surface area contributed by atoms with Crippen LogP contribution in [0, 0.1) is 0 Å². The average molecular weight is 462 g/mol. The Kier molecular flexibility index (Phi) is 6.24. The van der Waals surface area contributed by atoms with Crippen LogP contribution in [0.1, 0.15) is 17.7 Å². The largest absolute Gasteiger partial charge is 0.383 e. The molecule has 10 heteroatoms. The Morgan fingerprint density at radius 3 is 2.55 bits per heavy atom. The highest BCUT2D eigenvalue weighted by Crippen LogP contribution is 2.33. The second kappa shape index (κ2) is 8.91. The zero-order valence-electron chi connectivity index (χ0n) is 17.0. The lowest BCUT2D eigenvalue weighted by molar-refractivity contribution is -0.137. The molecule has 0 atom stereocenters. The van der Waals surface area contributed by atoms with E-state index >= 15 is 0 Å². The van der Waals surface area contributed by atoms with E-state index in [1.807, 2.05) is 11.4 Å². The lowest BCUT2D eigenvalue weighted by atomic mass is 10.2. The fourth-order valence-electron chi connectivity index (χ4n) is 3.68. The SMILES string of the molecule is COCCN1C(=O)C(Nc2cccc(S(=O)(=O)N3CCCC3)c2)=C(c2cccs2)C1=O. The first-order valence-corrected chi connectivity index (χ1v) is 12.3. The first-order valence-electron chi connectivity index (χ1n) is 9.94. The number of nitrogens with zero attached hydrogens (tertiary/aromatic N) is 2. The molecule has 2 aromatic rings. The normalized spacial score (nSPS) is 17.8. The highest BCUT2D eigenvalue weighted by molar-refractivity contribution is 7.89. The topological polar surface area (TPSA) is 96.0 Å². The van der Waals surface area contributed by atoms with Crippen molar-refractivity contribution in [3.8, 4) is 0 Å². The van der Waals surface area contributed by atoms with Crippen molar-refractivity contribution in [1.29, 1.82) is 0 Å². The van der Waals surface area contributed by atoms with Gasteiger partial charge in [-0.2, -0.15) is 4.31 Å². The van der Waals surface area contributed by atoms with Gasteiger partial charge in [-0.05, 0) is 42.5 Å². The Morgan fingerprint density at radius 2 is 1.87 bits per heavy atom. The summed E-state index contributed by atoms with van der Waals surface area (Å²) in [6.07, 6.45) is 1.70. The van der Waals surface area contributed by atoms with Crippen molar-refractivity contribution in [2.45, 2.75) is 17.7 Å². The number of amides is 2. The van der Waals surface area contributed by atoms with Gasteiger partial charge in [-0.3, -0.25) is 14.5 Å². The Morgan fingerprint density at radius 1 is 1.10 bits per heavy atom. The second-order valence-corrected chi connectivity index (χ2v) is 10.1. The number of carbonyl (C=O) groups is 2. The van der Waals surface area contributed by atoms with Crippen molar-refractivity contribution < 1.29 is 22.7 Å². The summed E-state index contributed by atoms with van der Waals surface area (Å²) in [6, 6.07) is 9.94. The van der Waals surface area contributed by atoms with Crippen molar-refractivity contribution in [3.05, 3.63) is 52.4 Å². The summed E-state index contributed by atoms with van der Waals surface area (Å²) in [5.74, 6) is -0.855. The van der Waals surface area contributed by atoms with Gasteiger partial charge in [-0.1, -0.05) is 12.1 Å². The summed E-state index contributed by atoms with van der Waals surface area (Å²) in [6.45, 7) is 1.38. The van der Waals surface area contributed by atoms with Gasteiger partial charge in [-0.25, -0.2) is 8.42 Å². The number of thiophene rings is 1. The van der Waals surface area contributed by atoms with Crippen LogP contribution in [0.5, 0.6) is 0 Å². The Bertz CT molecular complexity index is 1120. The number of hydrogen-bond donors (Lipinski definition) is 1. The van der Waals surface area contributed by atoms with Gasteiger partial charge < -0.3 is 10.1 Å². The Balaban J connectivity index is 1.68. The fourth-order valence-corrected chi connectivity index (χ4v) is 6.01. The number of carbonyl (C=O) groups excluding carboxylic acids is 2. The number of rotatable bonds is 8. The molecule has 2 amide bonds. The molecule has 0 saturated carbocycles. The maximum absolute atomic E-state index is 13.0. The Hall–Kier alpha value is -2.53. The number of methoxy groups -OCH3 is 1. The summed E-state index contributed by atoms with van der Waals surface area (Å²) >= 11 is 1.36. The molecule has 31 heavy (non-hydrogen) atoms. The molecule has 2 aliphatic heterocycles. The minimum absolute atomic E-state index is 0.137. The van der Waals surface area contributed by atoms with Crippen LogP contribution >= 0.6 is 11.3 Å². The summed E-state index contributed by atoms with van der Waals surface area (Å²) in [5.41, 5.74) is 0.849. The van der Waals surface area contributed by atoms with Gasteiger partial charge in [0.15, 0.2) is 0 Å². The van der Waals surface area contributed by atoms with Crippen molar-refractivity contribution in [3.63, 3.8) is 0 Å².